The maximum atomic E-state index is 14.5. The van der Waals surface area contributed by atoms with Crippen molar-refractivity contribution >= 4 is 24.0 Å². The van der Waals surface area contributed by atoms with Gasteiger partial charge in [0.05, 0.1) is 0 Å². The molecule has 3 aromatic carbocycles. The van der Waals surface area contributed by atoms with Gasteiger partial charge in [-0.25, -0.2) is 0 Å². The molecule has 0 radical (unpaired) electrons. The maximum absolute atomic E-state index is 14.5. The maximum Gasteiger partial charge on any atom is 0.221 e. The van der Waals surface area contributed by atoms with Crippen LogP contribution in [-0.2, 0) is 9.98 Å². The van der Waals surface area contributed by atoms with Crippen molar-refractivity contribution in [1.82, 2.24) is 0 Å². The highest BCUT2D eigenvalue weighted by Crippen LogP contribution is 2.54. The van der Waals surface area contributed by atoms with Crippen LogP contribution in [0.5, 0.6) is 0 Å². The van der Waals surface area contributed by atoms with Crippen molar-refractivity contribution in [3.8, 4) is 0 Å². The van der Waals surface area contributed by atoms with Gasteiger partial charge in [-0.15, -0.1) is 0 Å². The number of fused-ring (bicyclic) bond motifs is 1. The summed E-state index contributed by atoms with van der Waals surface area (Å²) in [5.41, 5.74) is 6.51. The van der Waals surface area contributed by atoms with Crippen molar-refractivity contribution in [2.75, 3.05) is 17.0 Å². The van der Waals surface area contributed by atoms with Crippen LogP contribution in [0.15, 0.2) is 84.3 Å². The van der Waals surface area contributed by atoms with E-state index in [1.54, 1.807) is 0 Å². The van der Waals surface area contributed by atoms with Crippen LogP contribution in [0.3, 0.4) is 0 Å². The van der Waals surface area contributed by atoms with E-state index < -0.39 is 7.29 Å². The Kier molecular flexibility index (Phi) is 5.11. The van der Waals surface area contributed by atoms with E-state index in [9.17, 15) is 4.57 Å². The second-order valence-electron chi connectivity index (χ2n) is 8.62. The first-order valence-corrected chi connectivity index (χ1v) is 12.1. The SMILES string of the molecule is Cc1ccc(N[P@@](=O)(C=C2N(C)c3ccccc3C2(C)C)c2ccccc2)cc1C. The molecule has 0 aromatic heterocycles. The predicted octanol–water partition coefficient (Wildman–Crippen LogP) is 6.59. The van der Waals surface area contributed by atoms with Gasteiger partial charge in [-0.1, -0.05) is 56.3 Å². The van der Waals surface area contributed by atoms with E-state index in [0.717, 1.165) is 16.7 Å². The number of benzene rings is 3. The zero-order valence-electron chi connectivity index (χ0n) is 18.3. The number of nitrogens with one attached hydrogen (secondary N) is 1. The molecule has 0 saturated heterocycles. The average Bonchev–Trinajstić information content (AvgIpc) is 2.92. The number of para-hydroxylation sites is 1. The number of likely N-dealkylation sites (N-methyl/N-ethyl adjacent to an activating group) is 1. The van der Waals surface area contributed by atoms with Gasteiger partial charge in [0.1, 0.15) is 0 Å². The molecule has 0 unspecified atom stereocenters. The zero-order chi connectivity index (χ0) is 21.5. The molecule has 3 nitrogen and oxygen atoms in total. The largest absolute Gasteiger partial charge is 0.347 e. The number of aryl methyl sites for hydroxylation is 2. The first kappa shape index (κ1) is 20.5. The summed E-state index contributed by atoms with van der Waals surface area (Å²) in [5.74, 6) is 1.97. The lowest BCUT2D eigenvalue weighted by Gasteiger charge is -2.27. The third-order valence-electron chi connectivity index (χ3n) is 6.19. The molecular formula is C26H29N2OP. The molecule has 0 bridgehead atoms. The smallest absolute Gasteiger partial charge is 0.221 e. The van der Waals surface area contributed by atoms with Crippen molar-refractivity contribution in [3.63, 3.8) is 0 Å². The Labute approximate surface area is 179 Å². The van der Waals surface area contributed by atoms with Crippen LogP contribution < -0.4 is 15.3 Å². The molecule has 1 aliphatic rings. The summed E-state index contributed by atoms with van der Waals surface area (Å²) >= 11 is 0. The van der Waals surface area contributed by atoms with E-state index in [2.05, 4.69) is 81.1 Å². The van der Waals surface area contributed by atoms with E-state index >= 15 is 0 Å². The minimum atomic E-state index is -3.08. The molecule has 0 aliphatic carbocycles. The van der Waals surface area contributed by atoms with E-state index in [4.69, 9.17) is 0 Å². The lowest BCUT2D eigenvalue weighted by atomic mass is 9.84. The standard InChI is InChI=1S/C26H29N2OP/c1-19-15-16-21(17-20(19)2)27-30(29,22-11-7-6-8-12-22)18-25-26(3,4)23-13-9-10-14-24(23)28(25)5/h6-18H,1-5H3,(H,27,29)/t30-/m1/s1. The van der Waals surface area contributed by atoms with Crippen LogP contribution in [0.2, 0.25) is 0 Å². The van der Waals surface area contributed by atoms with Crippen molar-refractivity contribution in [3.05, 3.63) is 101 Å². The molecule has 4 rings (SSSR count). The van der Waals surface area contributed by atoms with Crippen molar-refractivity contribution in [1.29, 1.82) is 0 Å². The van der Waals surface area contributed by atoms with Gasteiger partial charge in [0.25, 0.3) is 0 Å². The Balaban J connectivity index is 1.85. The summed E-state index contributed by atoms with van der Waals surface area (Å²) in [5, 5.41) is 4.21. The van der Waals surface area contributed by atoms with Crippen LogP contribution in [0.25, 0.3) is 0 Å². The second-order valence-corrected chi connectivity index (χ2v) is 10.9. The highest BCUT2D eigenvalue weighted by atomic mass is 31.2. The van der Waals surface area contributed by atoms with Crippen LogP contribution >= 0.6 is 7.29 Å². The van der Waals surface area contributed by atoms with Crippen LogP contribution in [0, 0.1) is 13.8 Å². The summed E-state index contributed by atoms with van der Waals surface area (Å²) in [6, 6.07) is 24.3. The first-order valence-electron chi connectivity index (χ1n) is 10.3. The first-order chi connectivity index (χ1) is 14.2. The summed E-state index contributed by atoms with van der Waals surface area (Å²) in [4.78, 5) is 2.17. The van der Waals surface area contributed by atoms with Crippen molar-refractivity contribution < 1.29 is 4.57 Å². The summed E-state index contributed by atoms with van der Waals surface area (Å²) in [7, 11) is -1.02. The molecule has 30 heavy (non-hydrogen) atoms. The number of allylic oxidation sites excluding steroid dienone is 1. The lowest BCUT2D eigenvalue weighted by molar-refractivity contribution is 0.587. The quantitative estimate of drug-likeness (QED) is 0.487. The minimum absolute atomic E-state index is 0.235. The molecule has 0 amide bonds. The van der Waals surface area contributed by atoms with E-state index in [-0.39, 0.29) is 5.41 Å². The van der Waals surface area contributed by atoms with Crippen molar-refractivity contribution in [2.45, 2.75) is 33.1 Å². The molecule has 1 N–H and O–H groups in total. The van der Waals surface area contributed by atoms with E-state index in [1.165, 1.54) is 22.4 Å². The molecule has 0 spiro atoms. The molecule has 1 atom stereocenters. The molecule has 0 saturated carbocycles. The van der Waals surface area contributed by atoms with Gasteiger partial charge in [0.2, 0.25) is 7.29 Å². The van der Waals surface area contributed by atoms with Crippen LogP contribution in [0.4, 0.5) is 11.4 Å². The highest BCUT2D eigenvalue weighted by Gasteiger charge is 2.40. The molecule has 4 heteroatoms. The van der Waals surface area contributed by atoms with Gasteiger partial charge >= 0.3 is 0 Å². The normalized spacial score (nSPS) is 18.2. The number of rotatable bonds is 4. The fourth-order valence-corrected chi connectivity index (χ4v) is 6.55. The van der Waals surface area contributed by atoms with Gasteiger partial charge in [-0.3, -0.25) is 4.57 Å². The zero-order valence-corrected chi connectivity index (χ0v) is 19.2. The summed E-state index contributed by atoms with van der Waals surface area (Å²) in [6.07, 6.45) is 0. The molecule has 0 fully saturated rings. The fourth-order valence-electron chi connectivity index (χ4n) is 4.23. The monoisotopic (exact) mass is 416 g/mol. The van der Waals surface area contributed by atoms with E-state index in [0.29, 0.717) is 0 Å². The van der Waals surface area contributed by atoms with Gasteiger partial charge in [0, 0.05) is 40.7 Å². The number of anilines is 2. The second kappa shape index (κ2) is 7.49. The summed E-state index contributed by atoms with van der Waals surface area (Å²) < 4.78 is 14.5. The molecular weight excluding hydrogens is 387 g/mol. The predicted molar refractivity (Wildman–Crippen MR) is 129 cm³/mol. The third-order valence-corrected chi connectivity index (χ3v) is 8.45. The van der Waals surface area contributed by atoms with Gasteiger partial charge < -0.3 is 9.99 Å². The Morgan fingerprint density at radius 3 is 2.23 bits per heavy atom. The third kappa shape index (κ3) is 3.48. The number of nitrogens with zero attached hydrogens (tertiary/aromatic N) is 1. The topological polar surface area (TPSA) is 32.3 Å². The van der Waals surface area contributed by atoms with Crippen LogP contribution in [-0.4, -0.2) is 7.05 Å². The minimum Gasteiger partial charge on any atom is -0.347 e. The Morgan fingerprint density at radius 2 is 1.57 bits per heavy atom. The summed E-state index contributed by atoms with van der Waals surface area (Å²) in [6.45, 7) is 8.57. The molecule has 1 heterocycles. The lowest BCUT2D eigenvalue weighted by Crippen LogP contribution is -2.24. The molecule has 1 aliphatic heterocycles. The van der Waals surface area contributed by atoms with Crippen molar-refractivity contribution in [2.24, 2.45) is 0 Å². The number of hydrogen-bond donors (Lipinski definition) is 1. The van der Waals surface area contributed by atoms with Gasteiger partial charge in [-0.05, 0) is 60.9 Å². The highest BCUT2D eigenvalue weighted by molar-refractivity contribution is 7.75. The van der Waals surface area contributed by atoms with Gasteiger partial charge in [-0.2, -0.15) is 0 Å². The molecule has 3 aromatic rings. The molecule has 154 valence electrons. The fraction of sp³-hybridized carbons (Fsp3) is 0.231. The Hall–Kier alpha value is -2.77. The Bertz CT molecular complexity index is 1160. The van der Waals surface area contributed by atoms with Gasteiger partial charge in [0.15, 0.2) is 0 Å². The average molecular weight is 417 g/mol. The Morgan fingerprint density at radius 1 is 0.900 bits per heavy atom. The number of hydrogen-bond acceptors (Lipinski definition) is 2. The van der Waals surface area contributed by atoms with E-state index in [1.807, 2.05) is 42.2 Å². The van der Waals surface area contributed by atoms with Crippen LogP contribution in [0.1, 0.15) is 30.5 Å².